The molecule has 0 unspecified atom stereocenters. The third-order valence-electron chi connectivity index (χ3n) is 5.59. The summed E-state index contributed by atoms with van der Waals surface area (Å²) in [7, 11) is 1.53. The van der Waals surface area contributed by atoms with E-state index in [-0.39, 0.29) is 22.2 Å². The first-order valence-electron chi connectivity index (χ1n) is 10.5. The Morgan fingerprint density at radius 2 is 1.91 bits per heavy atom. The number of carbonyl (C=O) groups is 1. The van der Waals surface area contributed by atoms with Gasteiger partial charge in [-0.05, 0) is 55.3 Å². The summed E-state index contributed by atoms with van der Waals surface area (Å²) in [5, 5.41) is 14.5. The molecular weight excluding hydrogens is 475 g/mol. The number of amides is 1. The van der Waals surface area contributed by atoms with Crippen LogP contribution in [0.25, 0.3) is 27.7 Å². The van der Waals surface area contributed by atoms with E-state index in [2.05, 4.69) is 5.32 Å². The number of aryl methyl sites for hydroxylation is 1. The van der Waals surface area contributed by atoms with Crippen LogP contribution in [0.5, 0.6) is 5.75 Å². The Morgan fingerprint density at radius 1 is 1.20 bits per heavy atom. The van der Waals surface area contributed by atoms with Crippen LogP contribution in [0.2, 0.25) is 5.02 Å². The van der Waals surface area contributed by atoms with E-state index in [0.29, 0.717) is 22.5 Å². The van der Waals surface area contributed by atoms with Gasteiger partial charge in [0.1, 0.15) is 22.2 Å². The molecule has 4 aromatic rings. The summed E-state index contributed by atoms with van der Waals surface area (Å²) in [6.45, 7) is 3.60. The fourth-order valence-corrected chi connectivity index (χ4v) is 4.09. The minimum atomic E-state index is -0.619. The van der Waals surface area contributed by atoms with Crippen LogP contribution >= 0.6 is 11.6 Å². The number of nitro groups is 1. The number of allylic oxidation sites excluding steroid dienone is 1. The second kappa shape index (κ2) is 9.60. The summed E-state index contributed by atoms with van der Waals surface area (Å²) in [6, 6.07) is 12.0. The molecule has 7 nitrogen and oxygen atoms in total. The molecule has 1 aromatic heterocycles. The molecular formula is C26H20ClFN2O5. The van der Waals surface area contributed by atoms with Crippen molar-refractivity contribution in [1.82, 2.24) is 0 Å². The molecule has 0 saturated carbocycles. The molecule has 1 heterocycles. The van der Waals surface area contributed by atoms with E-state index in [9.17, 15) is 19.3 Å². The van der Waals surface area contributed by atoms with Crippen molar-refractivity contribution in [3.8, 4) is 16.9 Å². The predicted molar refractivity (Wildman–Crippen MR) is 133 cm³/mol. The molecule has 35 heavy (non-hydrogen) atoms. The van der Waals surface area contributed by atoms with Crippen LogP contribution in [0, 0.1) is 22.9 Å². The molecule has 0 atom stereocenters. The zero-order valence-electron chi connectivity index (χ0n) is 19.0. The van der Waals surface area contributed by atoms with Crippen LogP contribution < -0.4 is 10.1 Å². The highest BCUT2D eigenvalue weighted by atomic mass is 35.5. The van der Waals surface area contributed by atoms with Gasteiger partial charge in [-0.25, -0.2) is 4.39 Å². The Kier molecular flexibility index (Phi) is 6.57. The number of nitro benzene ring substituents is 1. The molecule has 1 N–H and O–H groups in total. The summed E-state index contributed by atoms with van der Waals surface area (Å²) in [4.78, 5) is 23.2. The first-order valence-corrected chi connectivity index (χ1v) is 10.9. The average molecular weight is 495 g/mol. The van der Waals surface area contributed by atoms with Crippen LogP contribution in [0.15, 0.2) is 65.3 Å². The van der Waals surface area contributed by atoms with E-state index in [0.717, 1.165) is 22.1 Å². The molecule has 0 aliphatic rings. The van der Waals surface area contributed by atoms with Crippen molar-refractivity contribution in [3.05, 3.63) is 93.0 Å². The van der Waals surface area contributed by atoms with E-state index in [1.54, 1.807) is 25.3 Å². The van der Waals surface area contributed by atoms with Crippen LogP contribution in [-0.4, -0.2) is 17.9 Å². The molecule has 0 radical (unpaired) electrons. The highest BCUT2D eigenvalue weighted by molar-refractivity contribution is 6.32. The lowest BCUT2D eigenvalue weighted by Crippen LogP contribution is -2.09. The first-order chi connectivity index (χ1) is 16.7. The number of halogens is 2. The van der Waals surface area contributed by atoms with E-state index in [1.165, 1.54) is 43.5 Å². The van der Waals surface area contributed by atoms with Gasteiger partial charge in [-0.1, -0.05) is 23.7 Å². The van der Waals surface area contributed by atoms with Crippen molar-refractivity contribution < 1.29 is 23.3 Å². The highest BCUT2D eigenvalue weighted by Gasteiger charge is 2.19. The molecule has 0 saturated heterocycles. The third kappa shape index (κ3) is 4.74. The molecule has 178 valence electrons. The summed E-state index contributed by atoms with van der Waals surface area (Å²) < 4.78 is 24.8. The number of carbonyl (C=O) groups excluding carboxylic acids is 1. The van der Waals surface area contributed by atoms with Crippen molar-refractivity contribution in [2.45, 2.75) is 13.8 Å². The fourth-order valence-electron chi connectivity index (χ4n) is 3.91. The maximum Gasteiger partial charge on any atom is 0.289 e. The van der Waals surface area contributed by atoms with Crippen molar-refractivity contribution >= 4 is 45.4 Å². The summed E-state index contributed by atoms with van der Waals surface area (Å²) in [5.74, 6) is -0.276. The molecule has 0 aliphatic heterocycles. The SMILES string of the molecule is COc1c(/C(C)=C/C(=O)Nc2ccc(Cl)c([N+](=O)[O-])c2)cc2c(-c3ccc(F)cc3)coc2c1C. The zero-order valence-corrected chi connectivity index (χ0v) is 19.8. The first kappa shape index (κ1) is 24.0. The Balaban J connectivity index is 1.73. The van der Waals surface area contributed by atoms with Gasteiger partial charge in [-0.3, -0.25) is 14.9 Å². The lowest BCUT2D eigenvalue weighted by Gasteiger charge is -2.13. The van der Waals surface area contributed by atoms with Crippen molar-refractivity contribution in [3.63, 3.8) is 0 Å². The number of nitrogens with zero attached hydrogens (tertiary/aromatic N) is 1. The van der Waals surface area contributed by atoms with E-state index in [4.69, 9.17) is 20.8 Å². The standard InChI is InChI=1S/C26H20ClFN2O5/c1-14(10-24(31)29-18-8-9-22(27)23(11-18)30(32)33)19-12-20-21(16-4-6-17(28)7-5-16)13-35-26(20)15(2)25(19)34-3/h4-13H,1-3H3,(H,29,31)/b14-10+. The predicted octanol–water partition coefficient (Wildman–Crippen LogP) is 7.16. The van der Waals surface area contributed by atoms with Crippen LogP contribution in [0.1, 0.15) is 18.1 Å². The second-order valence-electron chi connectivity index (χ2n) is 7.86. The number of ether oxygens (including phenoxy) is 1. The van der Waals surface area contributed by atoms with Gasteiger partial charge in [0.2, 0.25) is 5.91 Å². The maximum absolute atomic E-state index is 13.4. The average Bonchev–Trinajstić information content (AvgIpc) is 3.25. The van der Waals surface area contributed by atoms with Crippen LogP contribution in [0.4, 0.5) is 15.8 Å². The molecule has 9 heteroatoms. The van der Waals surface area contributed by atoms with Crippen LogP contribution in [0.3, 0.4) is 0 Å². The normalized spacial score (nSPS) is 11.5. The number of fused-ring (bicyclic) bond motifs is 1. The van der Waals surface area contributed by atoms with Crippen molar-refractivity contribution in [2.24, 2.45) is 0 Å². The number of methoxy groups -OCH3 is 1. The number of furan rings is 1. The van der Waals surface area contributed by atoms with Gasteiger partial charge >= 0.3 is 0 Å². The topological polar surface area (TPSA) is 94.6 Å². The quantitative estimate of drug-likeness (QED) is 0.174. The van der Waals surface area contributed by atoms with Gasteiger partial charge in [0.15, 0.2) is 0 Å². The number of hydrogen-bond acceptors (Lipinski definition) is 5. The molecule has 4 rings (SSSR count). The molecule has 0 fully saturated rings. The van der Waals surface area contributed by atoms with Gasteiger partial charge in [0.25, 0.3) is 5.69 Å². The Morgan fingerprint density at radius 3 is 2.57 bits per heavy atom. The number of rotatable bonds is 6. The van der Waals surface area contributed by atoms with Gasteiger partial charge in [0.05, 0.1) is 18.3 Å². The van der Waals surface area contributed by atoms with Gasteiger partial charge in [-0.15, -0.1) is 0 Å². The second-order valence-corrected chi connectivity index (χ2v) is 8.26. The summed E-state index contributed by atoms with van der Waals surface area (Å²) in [5.41, 5.74) is 4.12. The summed E-state index contributed by atoms with van der Waals surface area (Å²) >= 11 is 5.84. The van der Waals surface area contributed by atoms with Gasteiger partial charge < -0.3 is 14.5 Å². The third-order valence-corrected chi connectivity index (χ3v) is 5.91. The fraction of sp³-hybridized carbons (Fsp3) is 0.115. The van der Waals surface area contributed by atoms with Crippen molar-refractivity contribution in [2.75, 3.05) is 12.4 Å². The Labute approximate surface area is 204 Å². The number of benzene rings is 3. The molecule has 0 spiro atoms. The smallest absolute Gasteiger partial charge is 0.289 e. The maximum atomic E-state index is 13.4. The summed E-state index contributed by atoms with van der Waals surface area (Å²) in [6.07, 6.45) is 2.98. The Bertz CT molecular complexity index is 1490. The Hall–Kier alpha value is -4.17. The lowest BCUT2D eigenvalue weighted by molar-refractivity contribution is -0.384. The minimum Gasteiger partial charge on any atom is -0.496 e. The number of hydrogen-bond donors (Lipinski definition) is 1. The van der Waals surface area contributed by atoms with E-state index >= 15 is 0 Å². The van der Waals surface area contributed by atoms with E-state index in [1.807, 2.05) is 13.0 Å². The zero-order chi connectivity index (χ0) is 25.3. The molecule has 0 aliphatic carbocycles. The number of anilines is 1. The van der Waals surface area contributed by atoms with Gasteiger partial charge in [0, 0.05) is 39.9 Å². The van der Waals surface area contributed by atoms with Crippen molar-refractivity contribution in [1.29, 1.82) is 0 Å². The molecule has 0 bridgehead atoms. The number of nitrogens with one attached hydrogen (secondary N) is 1. The van der Waals surface area contributed by atoms with Gasteiger partial charge in [-0.2, -0.15) is 0 Å². The molecule has 3 aromatic carbocycles. The lowest BCUT2D eigenvalue weighted by atomic mass is 9.96. The van der Waals surface area contributed by atoms with E-state index < -0.39 is 10.8 Å². The highest BCUT2D eigenvalue weighted by Crippen LogP contribution is 2.40. The minimum absolute atomic E-state index is 0.0229. The van der Waals surface area contributed by atoms with Crippen LogP contribution in [-0.2, 0) is 4.79 Å². The molecule has 1 amide bonds. The largest absolute Gasteiger partial charge is 0.496 e. The monoisotopic (exact) mass is 494 g/mol.